The molecule has 1 rings (SSSR count). The van der Waals surface area contributed by atoms with E-state index in [9.17, 15) is 0 Å². The summed E-state index contributed by atoms with van der Waals surface area (Å²) >= 11 is 5.91. The number of halogens is 1. The molecule has 12 heavy (non-hydrogen) atoms. The standard InChI is InChI=1S/C8H10ClN3/c1-5(4-10)12-7(3)8(9)6(2)11-12/h5H,1-3H3. The summed E-state index contributed by atoms with van der Waals surface area (Å²) in [6, 6.07) is 1.85. The first-order chi connectivity index (χ1) is 5.57. The van der Waals surface area contributed by atoms with Gasteiger partial charge in [-0.3, -0.25) is 4.68 Å². The van der Waals surface area contributed by atoms with Crippen molar-refractivity contribution in [3.8, 4) is 6.07 Å². The molecule has 0 N–H and O–H groups in total. The second kappa shape index (κ2) is 3.16. The first-order valence-electron chi connectivity index (χ1n) is 3.68. The Kier molecular flexibility index (Phi) is 2.39. The van der Waals surface area contributed by atoms with Crippen molar-refractivity contribution in [1.82, 2.24) is 9.78 Å². The Balaban J connectivity index is 3.20. The molecule has 4 heteroatoms. The number of nitriles is 1. The first kappa shape index (κ1) is 9.08. The van der Waals surface area contributed by atoms with Gasteiger partial charge in [0.25, 0.3) is 0 Å². The quantitative estimate of drug-likeness (QED) is 0.670. The summed E-state index contributed by atoms with van der Waals surface area (Å²) < 4.78 is 1.64. The summed E-state index contributed by atoms with van der Waals surface area (Å²) in [4.78, 5) is 0. The Labute approximate surface area is 76.6 Å². The van der Waals surface area contributed by atoms with Gasteiger partial charge >= 0.3 is 0 Å². The lowest BCUT2D eigenvalue weighted by Gasteiger charge is -2.04. The molecule has 0 spiro atoms. The van der Waals surface area contributed by atoms with Gasteiger partial charge in [0.2, 0.25) is 0 Å². The Morgan fingerprint density at radius 3 is 2.50 bits per heavy atom. The molecule has 0 saturated carbocycles. The lowest BCUT2D eigenvalue weighted by atomic mass is 10.3. The molecule has 0 fully saturated rings. The van der Waals surface area contributed by atoms with E-state index in [1.165, 1.54) is 0 Å². The van der Waals surface area contributed by atoms with Gasteiger partial charge in [-0.2, -0.15) is 10.4 Å². The molecule has 64 valence electrons. The summed E-state index contributed by atoms with van der Waals surface area (Å²) in [5, 5.41) is 13.5. The van der Waals surface area contributed by atoms with Crippen LogP contribution in [0.15, 0.2) is 0 Å². The van der Waals surface area contributed by atoms with Crippen molar-refractivity contribution in [3.05, 3.63) is 16.4 Å². The number of aryl methyl sites for hydroxylation is 1. The van der Waals surface area contributed by atoms with Crippen LogP contribution in [0, 0.1) is 25.2 Å². The van der Waals surface area contributed by atoms with Crippen LogP contribution in [0.4, 0.5) is 0 Å². The van der Waals surface area contributed by atoms with Gasteiger partial charge in [0, 0.05) is 0 Å². The molecule has 0 radical (unpaired) electrons. The smallest absolute Gasteiger partial charge is 0.136 e. The fraction of sp³-hybridized carbons (Fsp3) is 0.500. The third-order valence-corrected chi connectivity index (χ3v) is 2.34. The monoisotopic (exact) mass is 183 g/mol. The van der Waals surface area contributed by atoms with Gasteiger partial charge < -0.3 is 0 Å². The lowest BCUT2D eigenvalue weighted by molar-refractivity contribution is 0.571. The van der Waals surface area contributed by atoms with E-state index >= 15 is 0 Å². The summed E-state index contributed by atoms with van der Waals surface area (Å²) in [6.07, 6.45) is 0. The second-order valence-corrected chi connectivity index (χ2v) is 3.11. The van der Waals surface area contributed by atoms with Crippen LogP contribution < -0.4 is 0 Å². The van der Waals surface area contributed by atoms with Gasteiger partial charge in [-0.25, -0.2) is 0 Å². The number of nitrogens with zero attached hydrogens (tertiary/aromatic N) is 3. The molecule has 0 bridgehead atoms. The summed E-state index contributed by atoms with van der Waals surface area (Å²) in [7, 11) is 0. The fourth-order valence-corrected chi connectivity index (χ4v) is 1.20. The van der Waals surface area contributed by atoms with Crippen LogP contribution in [-0.4, -0.2) is 9.78 Å². The Morgan fingerprint density at radius 2 is 2.17 bits per heavy atom. The van der Waals surface area contributed by atoms with Crippen molar-refractivity contribution in [1.29, 1.82) is 5.26 Å². The molecule has 0 aromatic carbocycles. The molecule has 0 aliphatic heterocycles. The van der Waals surface area contributed by atoms with Crippen LogP contribution in [-0.2, 0) is 0 Å². The summed E-state index contributed by atoms with van der Waals surface area (Å²) in [6.45, 7) is 5.47. The maximum atomic E-state index is 8.66. The van der Waals surface area contributed by atoms with E-state index in [0.717, 1.165) is 11.4 Å². The van der Waals surface area contributed by atoms with Gasteiger partial charge in [0.15, 0.2) is 0 Å². The first-order valence-corrected chi connectivity index (χ1v) is 4.06. The Morgan fingerprint density at radius 1 is 1.58 bits per heavy atom. The van der Waals surface area contributed by atoms with Crippen molar-refractivity contribution in [3.63, 3.8) is 0 Å². The van der Waals surface area contributed by atoms with Crippen molar-refractivity contribution < 1.29 is 0 Å². The topological polar surface area (TPSA) is 41.6 Å². The third-order valence-electron chi connectivity index (χ3n) is 1.79. The average Bonchev–Trinajstić information content (AvgIpc) is 2.32. The minimum Gasteiger partial charge on any atom is -0.251 e. The van der Waals surface area contributed by atoms with E-state index in [1.54, 1.807) is 11.6 Å². The predicted molar refractivity (Wildman–Crippen MR) is 47.0 cm³/mol. The van der Waals surface area contributed by atoms with Gasteiger partial charge in [-0.1, -0.05) is 11.6 Å². The molecular weight excluding hydrogens is 174 g/mol. The van der Waals surface area contributed by atoms with Crippen LogP contribution in [0.2, 0.25) is 5.02 Å². The maximum absolute atomic E-state index is 8.66. The molecular formula is C8H10ClN3. The molecule has 1 heterocycles. The van der Waals surface area contributed by atoms with Crippen molar-refractivity contribution in [2.24, 2.45) is 0 Å². The Bertz CT molecular complexity index is 335. The third kappa shape index (κ3) is 1.30. The van der Waals surface area contributed by atoms with E-state index in [1.807, 2.05) is 13.8 Å². The van der Waals surface area contributed by atoms with E-state index in [0.29, 0.717) is 5.02 Å². The molecule has 1 aromatic rings. The van der Waals surface area contributed by atoms with E-state index in [4.69, 9.17) is 16.9 Å². The number of rotatable bonds is 1. The van der Waals surface area contributed by atoms with Crippen molar-refractivity contribution >= 4 is 11.6 Å². The van der Waals surface area contributed by atoms with Crippen LogP contribution in [0.25, 0.3) is 0 Å². The number of aromatic nitrogens is 2. The van der Waals surface area contributed by atoms with Gasteiger partial charge in [-0.15, -0.1) is 0 Å². The Hall–Kier alpha value is -1.01. The molecule has 0 amide bonds. The van der Waals surface area contributed by atoms with Gasteiger partial charge in [0.05, 0.1) is 22.5 Å². The van der Waals surface area contributed by atoms with Gasteiger partial charge in [0.1, 0.15) is 6.04 Å². The minimum atomic E-state index is -0.254. The largest absolute Gasteiger partial charge is 0.251 e. The number of hydrogen-bond acceptors (Lipinski definition) is 2. The summed E-state index contributed by atoms with van der Waals surface area (Å²) in [5.41, 5.74) is 1.62. The van der Waals surface area contributed by atoms with Crippen LogP contribution in [0.3, 0.4) is 0 Å². The molecule has 1 atom stereocenters. The highest BCUT2D eigenvalue weighted by molar-refractivity contribution is 6.31. The molecule has 0 saturated heterocycles. The second-order valence-electron chi connectivity index (χ2n) is 2.73. The normalized spacial score (nSPS) is 12.6. The predicted octanol–water partition coefficient (Wildman–Crippen LogP) is 2.24. The highest BCUT2D eigenvalue weighted by Gasteiger charge is 2.12. The zero-order valence-electron chi connectivity index (χ0n) is 7.30. The van der Waals surface area contributed by atoms with E-state index in [-0.39, 0.29) is 6.04 Å². The number of hydrogen-bond donors (Lipinski definition) is 0. The summed E-state index contributed by atoms with van der Waals surface area (Å²) in [5.74, 6) is 0. The molecule has 0 aliphatic rings. The molecule has 3 nitrogen and oxygen atoms in total. The van der Waals surface area contributed by atoms with Crippen molar-refractivity contribution in [2.45, 2.75) is 26.8 Å². The van der Waals surface area contributed by atoms with Crippen LogP contribution in [0.1, 0.15) is 24.4 Å². The molecule has 0 aliphatic carbocycles. The van der Waals surface area contributed by atoms with Crippen molar-refractivity contribution in [2.75, 3.05) is 0 Å². The highest BCUT2D eigenvalue weighted by atomic mass is 35.5. The minimum absolute atomic E-state index is 0.254. The van der Waals surface area contributed by atoms with Gasteiger partial charge in [-0.05, 0) is 20.8 Å². The molecule has 1 unspecified atom stereocenters. The average molecular weight is 184 g/mol. The highest BCUT2D eigenvalue weighted by Crippen LogP contribution is 2.21. The zero-order valence-corrected chi connectivity index (χ0v) is 8.05. The fourth-order valence-electron chi connectivity index (χ4n) is 1.07. The lowest BCUT2D eigenvalue weighted by Crippen LogP contribution is -2.06. The van der Waals surface area contributed by atoms with E-state index < -0.39 is 0 Å². The van der Waals surface area contributed by atoms with E-state index in [2.05, 4.69) is 11.2 Å². The van der Waals surface area contributed by atoms with Crippen LogP contribution >= 0.6 is 11.6 Å². The van der Waals surface area contributed by atoms with Crippen LogP contribution in [0.5, 0.6) is 0 Å². The molecule has 1 aromatic heterocycles. The maximum Gasteiger partial charge on any atom is 0.136 e. The zero-order chi connectivity index (χ0) is 9.30. The SMILES string of the molecule is Cc1nn(C(C)C#N)c(C)c1Cl.